The minimum atomic E-state index is -0.543. The van der Waals surface area contributed by atoms with Crippen molar-refractivity contribution in [2.45, 2.75) is 26.5 Å². The SMILES string of the molecule is COC(=O)/C(=C/N)c1cc(-c2cn(C[C@@H](C)O)nc2C)ccn1. The molecule has 3 N–H and O–H groups in total. The number of rotatable bonds is 5. The lowest BCUT2D eigenvalue weighted by Crippen LogP contribution is -2.11. The molecule has 0 aliphatic heterocycles. The van der Waals surface area contributed by atoms with E-state index in [1.54, 1.807) is 23.9 Å². The number of carbonyl (C=O) groups is 1. The zero-order valence-corrected chi connectivity index (χ0v) is 13.4. The van der Waals surface area contributed by atoms with Crippen LogP contribution in [-0.4, -0.2) is 39.1 Å². The van der Waals surface area contributed by atoms with Crippen molar-refractivity contribution in [2.24, 2.45) is 5.73 Å². The van der Waals surface area contributed by atoms with E-state index >= 15 is 0 Å². The Kier molecular flexibility index (Phi) is 5.13. The maximum Gasteiger partial charge on any atom is 0.341 e. The molecule has 2 heterocycles. The Morgan fingerprint density at radius 1 is 1.57 bits per heavy atom. The Bertz CT molecular complexity index is 735. The van der Waals surface area contributed by atoms with Gasteiger partial charge < -0.3 is 15.6 Å². The second-order valence-electron chi connectivity index (χ2n) is 5.20. The van der Waals surface area contributed by atoms with Gasteiger partial charge in [0, 0.05) is 24.2 Å². The van der Waals surface area contributed by atoms with Crippen molar-refractivity contribution in [1.82, 2.24) is 14.8 Å². The largest absolute Gasteiger partial charge is 0.465 e. The van der Waals surface area contributed by atoms with Gasteiger partial charge in [0.25, 0.3) is 0 Å². The minimum absolute atomic E-state index is 0.198. The van der Waals surface area contributed by atoms with Crippen molar-refractivity contribution in [3.8, 4) is 11.1 Å². The summed E-state index contributed by atoms with van der Waals surface area (Å²) in [6.45, 7) is 4.00. The van der Waals surface area contributed by atoms with Gasteiger partial charge in [0.2, 0.25) is 0 Å². The second-order valence-corrected chi connectivity index (χ2v) is 5.20. The van der Waals surface area contributed by atoms with Crippen LogP contribution in [0.2, 0.25) is 0 Å². The predicted octanol–water partition coefficient (Wildman–Crippen LogP) is 1.11. The van der Waals surface area contributed by atoms with E-state index in [-0.39, 0.29) is 5.57 Å². The standard InChI is InChI=1S/C16H20N4O3/c1-10(21)8-20-9-14(11(2)19-20)12-4-5-18-15(6-12)13(7-17)16(22)23-3/h4-7,9-10,21H,8,17H2,1-3H3/b13-7+/t10-/m1/s1. The van der Waals surface area contributed by atoms with Crippen LogP contribution in [0.5, 0.6) is 0 Å². The van der Waals surface area contributed by atoms with E-state index in [4.69, 9.17) is 10.5 Å². The normalized spacial score (nSPS) is 13.0. The number of hydrogen-bond donors (Lipinski definition) is 2. The van der Waals surface area contributed by atoms with Crippen LogP contribution in [0, 0.1) is 6.92 Å². The molecular weight excluding hydrogens is 296 g/mol. The molecule has 0 aliphatic rings. The fourth-order valence-electron chi connectivity index (χ4n) is 2.28. The quantitative estimate of drug-likeness (QED) is 0.632. The van der Waals surface area contributed by atoms with E-state index in [2.05, 4.69) is 10.1 Å². The lowest BCUT2D eigenvalue weighted by molar-refractivity contribution is -0.133. The average Bonchev–Trinajstić information content (AvgIpc) is 2.87. The maximum atomic E-state index is 11.7. The molecule has 0 amide bonds. The number of hydrogen-bond acceptors (Lipinski definition) is 6. The molecule has 1 atom stereocenters. The number of aliphatic hydroxyl groups excluding tert-OH is 1. The molecule has 0 aromatic carbocycles. The highest BCUT2D eigenvalue weighted by Crippen LogP contribution is 2.25. The molecule has 0 unspecified atom stereocenters. The molecule has 0 spiro atoms. The summed E-state index contributed by atoms with van der Waals surface area (Å²) in [5.41, 5.74) is 8.71. The van der Waals surface area contributed by atoms with E-state index < -0.39 is 12.1 Å². The van der Waals surface area contributed by atoms with Gasteiger partial charge in [-0.25, -0.2) is 4.79 Å². The Labute approximate surface area is 134 Å². The number of aliphatic hydroxyl groups is 1. The van der Waals surface area contributed by atoms with Gasteiger partial charge >= 0.3 is 5.97 Å². The molecule has 7 nitrogen and oxygen atoms in total. The summed E-state index contributed by atoms with van der Waals surface area (Å²) in [6.07, 6.45) is 4.15. The van der Waals surface area contributed by atoms with Crippen molar-refractivity contribution in [1.29, 1.82) is 0 Å². The van der Waals surface area contributed by atoms with Gasteiger partial charge in [0.1, 0.15) is 5.57 Å². The first-order chi connectivity index (χ1) is 11.0. The molecule has 2 aromatic rings. The van der Waals surface area contributed by atoms with E-state index in [9.17, 15) is 9.90 Å². The van der Waals surface area contributed by atoms with Crippen LogP contribution in [0.1, 0.15) is 18.3 Å². The molecular formula is C16H20N4O3. The molecule has 0 aliphatic carbocycles. The fraction of sp³-hybridized carbons (Fsp3) is 0.312. The van der Waals surface area contributed by atoms with Crippen molar-refractivity contribution < 1.29 is 14.6 Å². The van der Waals surface area contributed by atoms with Gasteiger partial charge in [-0.3, -0.25) is 9.67 Å². The summed E-state index contributed by atoms with van der Waals surface area (Å²) in [7, 11) is 1.29. The van der Waals surface area contributed by atoms with Crippen molar-refractivity contribution in [2.75, 3.05) is 7.11 Å². The van der Waals surface area contributed by atoms with Crippen LogP contribution in [0.4, 0.5) is 0 Å². The molecule has 0 radical (unpaired) electrons. The first-order valence-corrected chi connectivity index (χ1v) is 7.15. The lowest BCUT2D eigenvalue weighted by atomic mass is 10.0. The number of carbonyl (C=O) groups excluding carboxylic acids is 1. The summed E-state index contributed by atoms with van der Waals surface area (Å²) in [6, 6.07) is 3.58. The average molecular weight is 316 g/mol. The number of pyridine rings is 1. The maximum absolute atomic E-state index is 11.7. The molecule has 2 aromatic heterocycles. The van der Waals surface area contributed by atoms with Crippen LogP contribution < -0.4 is 5.73 Å². The lowest BCUT2D eigenvalue weighted by Gasteiger charge is -2.06. The monoisotopic (exact) mass is 316 g/mol. The molecule has 0 fully saturated rings. The summed E-state index contributed by atoms with van der Waals surface area (Å²) < 4.78 is 6.39. The molecule has 7 heteroatoms. The van der Waals surface area contributed by atoms with Gasteiger partial charge in [-0.2, -0.15) is 5.10 Å². The third-order valence-electron chi connectivity index (χ3n) is 3.32. The molecule has 0 saturated carbocycles. The summed E-state index contributed by atoms with van der Waals surface area (Å²) in [4.78, 5) is 15.9. The first-order valence-electron chi connectivity index (χ1n) is 7.15. The van der Waals surface area contributed by atoms with Crippen LogP contribution in [-0.2, 0) is 16.1 Å². The number of nitrogens with two attached hydrogens (primary N) is 1. The van der Waals surface area contributed by atoms with E-state index in [1.807, 2.05) is 19.2 Å². The topological polar surface area (TPSA) is 103 Å². The molecule has 0 bridgehead atoms. The fourth-order valence-corrected chi connectivity index (χ4v) is 2.28. The number of methoxy groups -OCH3 is 1. The number of nitrogens with zero attached hydrogens (tertiary/aromatic N) is 3. The van der Waals surface area contributed by atoms with Gasteiger partial charge in [-0.1, -0.05) is 0 Å². The smallest absolute Gasteiger partial charge is 0.341 e. The van der Waals surface area contributed by atoms with E-state index in [0.29, 0.717) is 12.2 Å². The summed E-state index contributed by atoms with van der Waals surface area (Å²) in [5.74, 6) is -0.543. The van der Waals surface area contributed by atoms with Gasteiger partial charge in [0.05, 0.1) is 31.1 Å². The highest BCUT2D eigenvalue weighted by Gasteiger charge is 2.15. The van der Waals surface area contributed by atoms with Crippen molar-refractivity contribution >= 4 is 11.5 Å². The molecule has 23 heavy (non-hydrogen) atoms. The zero-order valence-electron chi connectivity index (χ0n) is 13.4. The third kappa shape index (κ3) is 3.75. The van der Waals surface area contributed by atoms with Gasteiger partial charge in [0.15, 0.2) is 0 Å². The number of aryl methyl sites for hydroxylation is 1. The Balaban J connectivity index is 2.40. The highest BCUT2D eigenvalue weighted by atomic mass is 16.5. The summed E-state index contributed by atoms with van der Waals surface area (Å²) in [5, 5.41) is 13.8. The van der Waals surface area contributed by atoms with Crippen LogP contribution in [0.15, 0.2) is 30.7 Å². The van der Waals surface area contributed by atoms with Gasteiger partial charge in [-0.05, 0) is 31.5 Å². The molecule has 2 rings (SSSR count). The van der Waals surface area contributed by atoms with Crippen LogP contribution in [0.3, 0.4) is 0 Å². The minimum Gasteiger partial charge on any atom is -0.465 e. The Morgan fingerprint density at radius 3 is 2.91 bits per heavy atom. The van der Waals surface area contributed by atoms with Crippen molar-refractivity contribution in [3.05, 3.63) is 42.1 Å². The van der Waals surface area contributed by atoms with E-state index in [1.165, 1.54) is 13.3 Å². The number of aromatic nitrogens is 3. The van der Waals surface area contributed by atoms with Crippen molar-refractivity contribution in [3.63, 3.8) is 0 Å². The second kappa shape index (κ2) is 7.06. The number of ether oxygens (including phenoxy) is 1. The van der Waals surface area contributed by atoms with Crippen LogP contribution >= 0.6 is 0 Å². The first kappa shape index (κ1) is 16.7. The third-order valence-corrected chi connectivity index (χ3v) is 3.32. The predicted molar refractivity (Wildman–Crippen MR) is 86.1 cm³/mol. The zero-order chi connectivity index (χ0) is 17.0. The molecule has 122 valence electrons. The Hall–Kier alpha value is -2.67. The van der Waals surface area contributed by atoms with Crippen LogP contribution in [0.25, 0.3) is 16.7 Å². The summed E-state index contributed by atoms with van der Waals surface area (Å²) >= 11 is 0. The highest BCUT2D eigenvalue weighted by molar-refractivity contribution is 6.15. The van der Waals surface area contributed by atoms with Gasteiger partial charge in [-0.15, -0.1) is 0 Å². The molecule has 0 saturated heterocycles. The Morgan fingerprint density at radius 2 is 2.30 bits per heavy atom. The number of esters is 1. The van der Waals surface area contributed by atoms with E-state index in [0.717, 1.165) is 16.8 Å².